The lowest BCUT2D eigenvalue weighted by molar-refractivity contribution is 1.22. The van der Waals surface area contributed by atoms with Crippen molar-refractivity contribution in [1.82, 2.24) is 4.98 Å². The molecule has 1 aromatic rings. The first kappa shape index (κ1) is 11.2. The molecule has 0 atom stereocenters. The van der Waals surface area contributed by atoms with Crippen molar-refractivity contribution >= 4 is 5.57 Å². The summed E-state index contributed by atoms with van der Waals surface area (Å²) in [5.74, 6) is 0. The van der Waals surface area contributed by atoms with E-state index in [-0.39, 0.29) is 0 Å². The second-order valence-corrected chi connectivity index (χ2v) is 3.21. The van der Waals surface area contributed by atoms with Crippen LogP contribution >= 0.6 is 0 Å². The largest absolute Gasteiger partial charge is 0.256 e. The van der Waals surface area contributed by atoms with Crippen molar-refractivity contribution in [3.63, 3.8) is 0 Å². The quantitative estimate of drug-likeness (QED) is 0.671. The minimum Gasteiger partial charge on any atom is -0.256 e. The third kappa shape index (κ3) is 2.53. The molecule has 0 aromatic carbocycles. The summed E-state index contributed by atoms with van der Waals surface area (Å²) < 4.78 is 0. The number of rotatable bonds is 4. The summed E-state index contributed by atoms with van der Waals surface area (Å²) in [4.78, 5) is 4.31. The Morgan fingerprint density at radius 3 is 2.67 bits per heavy atom. The van der Waals surface area contributed by atoms with E-state index in [1.807, 2.05) is 25.1 Å². The van der Waals surface area contributed by atoms with E-state index in [0.717, 1.165) is 22.4 Å². The van der Waals surface area contributed by atoms with Crippen LogP contribution < -0.4 is 0 Å². The van der Waals surface area contributed by atoms with Gasteiger partial charge in [-0.15, -0.1) is 0 Å². The Kier molecular flexibility index (Phi) is 3.81. The summed E-state index contributed by atoms with van der Waals surface area (Å²) in [5.41, 5.74) is 3.85. The summed E-state index contributed by atoms with van der Waals surface area (Å²) in [5, 5.41) is 0. The highest BCUT2D eigenvalue weighted by Crippen LogP contribution is 2.22. The maximum Gasteiger partial charge on any atom is 0.0731 e. The van der Waals surface area contributed by atoms with E-state index in [1.165, 1.54) is 0 Å². The molecule has 0 unspecified atom stereocenters. The smallest absolute Gasteiger partial charge is 0.0731 e. The molecule has 0 N–H and O–H groups in total. The van der Waals surface area contributed by atoms with Gasteiger partial charge in [-0.2, -0.15) is 0 Å². The van der Waals surface area contributed by atoms with Gasteiger partial charge >= 0.3 is 0 Å². The lowest BCUT2D eigenvalue weighted by Gasteiger charge is -2.08. The van der Waals surface area contributed by atoms with Gasteiger partial charge in [0.15, 0.2) is 0 Å². The van der Waals surface area contributed by atoms with Gasteiger partial charge in [0.2, 0.25) is 0 Å². The summed E-state index contributed by atoms with van der Waals surface area (Å²) in [6.45, 7) is 13.5. The maximum atomic E-state index is 4.31. The van der Waals surface area contributed by atoms with Gasteiger partial charge in [0, 0.05) is 11.8 Å². The molecule has 0 radical (unpaired) electrons. The fraction of sp³-hybridized carbons (Fsp3) is 0.0714. The highest BCUT2D eigenvalue weighted by molar-refractivity contribution is 5.79. The van der Waals surface area contributed by atoms with Crippen LogP contribution in [0.25, 0.3) is 5.57 Å². The van der Waals surface area contributed by atoms with E-state index in [2.05, 4.69) is 24.7 Å². The van der Waals surface area contributed by atoms with Gasteiger partial charge in [-0.25, -0.2) is 0 Å². The molecule has 0 saturated carbocycles. The van der Waals surface area contributed by atoms with Gasteiger partial charge in [0.05, 0.1) is 5.69 Å². The summed E-state index contributed by atoms with van der Waals surface area (Å²) >= 11 is 0. The van der Waals surface area contributed by atoms with Crippen LogP contribution in [0.4, 0.5) is 0 Å². The Morgan fingerprint density at radius 1 is 1.40 bits per heavy atom. The van der Waals surface area contributed by atoms with Gasteiger partial charge in [-0.1, -0.05) is 44.0 Å². The third-order valence-corrected chi connectivity index (χ3v) is 2.16. The van der Waals surface area contributed by atoms with Crippen LogP contribution in [0, 0.1) is 6.92 Å². The van der Waals surface area contributed by atoms with Crippen molar-refractivity contribution in [2.45, 2.75) is 6.92 Å². The number of allylic oxidation sites excluding steroid dienone is 5. The summed E-state index contributed by atoms with van der Waals surface area (Å²) in [6.07, 6.45) is 7.13. The summed E-state index contributed by atoms with van der Waals surface area (Å²) in [7, 11) is 0. The number of pyridine rings is 1. The number of aryl methyl sites for hydroxylation is 1. The van der Waals surface area contributed by atoms with E-state index in [4.69, 9.17) is 0 Å². The molecular weight excluding hydrogens is 182 g/mol. The molecule has 1 aromatic heterocycles. The molecule has 0 aliphatic carbocycles. The van der Waals surface area contributed by atoms with Gasteiger partial charge in [0.25, 0.3) is 0 Å². The minimum absolute atomic E-state index is 0.878. The first-order valence-corrected chi connectivity index (χ1v) is 4.77. The highest BCUT2D eigenvalue weighted by atomic mass is 14.7. The highest BCUT2D eigenvalue weighted by Gasteiger charge is 2.05. The molecule has 0 aliphatic heterocycles. The topological polar surface area (TPSA) is 12.9 Å². The SMILES string of the molecule is C=C/C=C(\C=C)C(=C)c1ncccc1C. The van der Waals surface area contributed by atoms with Gasteiger partial charge in [-0.05, 0) is 24.1 Å². The molecule has 0 spiro atoms. The Labute approximate surface area is 91.2 Å². The molecule has 1 heteroatoms. The van der Waals surface area contributed by atoms with Crippen molar-refractivity contribution < 1.29 is 0 Å². The first-order valence-electron chi connectivity index (χ1n) is 4.77. The van der Waals surface area contributed by atoms with Crippen molar-refractivity contribution in [2.24, 2.45) is 0 Å². The van der Waals surface area contributed by atoms with Crippen LogP contribution in [0.5, 0.6) is 0 Å². The Morgan fingerprint density at radius 2 is 2.13 bits per heavy atom. The molecule has 0 saturated heterocycles. The Balaban J connectivity index is 3.14. The first-order chi connectivity index (χ1) is 7.20. The fourth-order valence-electron chi connectivity index (χ4n) is 1.36. The Bertz CT molecular complexity index is 425. The normalized spacial score (nSPS) is 10.9. The number of aromatic nitrogens is 1. The number of hydrogen-bond acceptors (Lipinski definition) is 1. The van der Waals surface area contributed by atoms with E-state index in [9.17, 15) is 0 Å². The average Bonchev–Trinajstić information content (AvgIpc) is 2.25. The second-order valence-electron chi connectivity index (χ2n) is 3.21. The van der Waals surface area contributed by atoms with Crippen LogP contribution in [0.15, 0.2) is 61.9 Å². The third-order valence-electron chi connectivity index (χ3n) is 2.16. The van der Waals surface area contributed by atoms with Crippen molar-refractivity contribution in [3.8, 4) is 0 Å². The van der Waals surface area contributed by atoms with Crippen LogP contribution in [-0.4, -0.2) is 4.98 Å². The predicted molar refractivity (Wildman–Crippen MR) is 66.5 cm³/mol. The maximum absolute atomic E-state index is 4.31. The zero-order valence-electron chi connectivity index (χ0n) is 9.03. The van der Waals surface area contributed by atoms with E-state index in [0.29, 0.717) is 0 Å². The van der Waals surface area contributed by atoms with Crippen LogP contribution in [0.3, 0.4) is 0 Å². The molecule has 0 aliphatic rings. The Hall–Kier alpha value is -1.89. The second kappa shape index (κ2) is 5.11. The molecule has 1 nitrogen and oxygen atoms in total. The minimum atomic E-state index is 0.878. The average molecular weight is 197 g/mol. The van der Waals surface area contributed by atoms with Crippen molar-refractivity contribution in [2.75, 3.05) is 0 Å². The molecule has 1 rings (SSSR count). The van der Waals surface area contributed by atoms with Crippen molar-refractivity contribution in [1.29, 1.82) is 0 Å². The predicted octanol–water partition coefficient (Wildman–Crippen LogP) is 3.70. The molecule has 0 bridgehead atoms. The standard InChI is InChI=1S/C14H15N/c1-5-8-13(6-2)12(4)14-11(3)9-7-10-15-14/h5-10H,1-2,4H2,3H3/b13-8+. The zero-order chi connectivity index (χ0) is 11.3. The van der Waals surface area contributed by atoms with Crippen molar-refractivity contribution in [3.05, 3.63) is 73.1 Å². The van der Waals surface area contributed by atoms with Crippen LogP contribution in [-0.2, 0) is 0 Å². The van der Waals surface area contributed by atoms with Gasteiger partial charge < -0.3 is 0 Å². The van der Waals surface area contributed by atoms with E-state index < -0.39 is 0 Å². The van der Waals surface area contributed by atoms with Crippen LogP contribution in [0.1, 0.15) is 11.3 Å². The van der Waals surface area contributed by atoms with Gasteiger partial charge in [0.1, 0.15) is 0 Å². The molecule has 0 fully saturated rings. The zero-order valence-corrected chi connectivity index (χ0v) is 9.03. The van der Waals surface area contributed by atoms with E-state index >= 15 is 0 Å². The fourth-order valence-corrected chi connectivity index (χ4v) is 1.36. The lowest BCUT2D eigenvalue weighted by Crippen LogP contribution is -1.93. The molecule has 15 heavy (non-hydrogen) atoms. The molecule has 0 amide bonds. The number of nitrogens with zero attached hydrogens (tertiary/aromatic N) is 1. The molecular formula is C14H15N. The monoisotopic (exact) mass is 197 g/mol. The van der Waals surface area contributed by atoms with Gasteiger partial charge in [-0.3, -0.25) is 4.98 Å². The molecule has 76 valence electrons. The molecule has 1 heterocycles. The van der Waals surface area contributed by atoms with Crippen LogP contribution in [0.2, 0.25) is 0 Å². The number of hydrogen-bond donors (Lipinski definition) is 0. The summed E-state index contributed by atoms with van der Waals surface area (Å²) in [6, 6.07) is 3.93. The lowest BCUT2D eigenvalue weighted by atomic mass is 10.0. The van der Waals surface area contributed by atoms with E-state index in [1.54, 1.807) is 18.3 Å².